The highest BCUT2D eigenvalue weighted by molar-refractivity contribution is 5.69. The van der Waals surface area contributed by atoms with E-state index in [0.717, 1.165) is 17.9 Å². The summed E-state index contributed by atoms with van der Waals surface area (Å²) in [7, 11) is 0. The molecule has 0 bridgehead atoms. The number of ether oxygens (including phenoxy) is 3. The average Bonchev–Trinajstić information content (AvgIpc) is 3.01. The lowest BCUT2D eigenvalue weighted by atomic mass is 9.77. The van der Waals surface area contributed by atoms with Crippen LogP contribution in [-0.2, 0) is 9.53 Å². The molecule has 1 heterocycles. The number of carbonyl (C=O) groups is 1. The van der Waals surface area contributed by atoms with E-state index in [0.29, 0.717) is 31.7 Å². The molecule has 4 nitrogen and oxygen atoms in total. The highest BCUT2D eigenvalue weighted by Crippen LogP contribution is 2.41. The van der Waals surface area contributed by atoms with Gasteiger partial charge in [-0.05, 0) is 68.6 Å². The first-order valence-corrected chi connectivity index (χ1v) is 8.31. The molecule has 120 valence electrons. The van der Waals surface area contributed by atoms with Gasteiger partial charge in [0.1, 0.15) is 0 Å². The molecule has 1 saturated carbocycles. The van der Waals surface area contributed by atoms with Gasteiger partial charge in [0, 0.05) is 6.42 Å². The summed E-state index contributed by atoms with van der Waals surface area (Å²) < 4.78 is 15.8. The highest BCUT2D eigenvalue weighted by atomic mass is 16.7. The fourth-order valence-corrected chi connectivity index (χ4v) is 3.51. The Morgan fingerprint density at radius 2 is 1.95 bits per heavy atom. The van der Waals surface area contributed by atoms with Gasteiger partial charge in [0.2, 0.25) is 6.79 Å². The van der Waals surface area contributed by atoms with Crippen LogP contribution in [0.1, 0.15) is 56.9 Å². The minimum atomic E-state index is -0.0552. The van der Waals surface area contributed by atoms with Crippen molar-refractivity contribution in [3.8, 4) is 11.5 Å². The van der Waals surface area contributed by atoms with Crippen molar-refractivity contribution in [1.29, 1.82) is 0 Å². The number of hydrogen-bond donors (Lipinski definition) is 0. The highest BCUT2D eigenvalue weighted by Gasteiger charge is 2.24. The van der Waals surface area contributed by atoms with Crippen molar-refractivity contribution < 1.29 is 19.0 Å². The van der Waals surface area contributed by atoms with Crippen molar-refractivity contribution in [2.45, 2.75) is 51.4 Å². The first-order chi connectivity index (χ1) is 10.8. The van der Waals surface area contributed by atoms with E-state index in [1.807, 2.05) is 13.0 Å². The van der Waals surface area contributed by atoms with Crippen LogP contribution in [0.3, 0.4) is 0 Å². The topological polar surface area (TPSA) is 44.8 Å². The maximum absolute atomic E-state index is 11.4. The van der Waals surface area contributed by atoms with Crippen molar-refractivity contribution in [3.05, 3.63) is 23.8 Å². The Kier molecular flexibility index (Phi) is 4.86. The van der Waals surface area contributed by atoms with Gasteiger partial charge in [0.15, 0.2) is 11.5 Å². The fourth-order valence-electron chi connectivity index (χ4n) is 3.51. The van der Waals surface area contributed by atoms with Gasteiger partial charge in [-0.15, -0.1) is 0 Å². The van der Waals surface area contributed by atoms with Crippen molar-refractivity contribution >= 4 is 5.97 Å². The van der Waals surface area contributed by atoms with Crippen molar-refractivity contribution in [2.75, 3.05) is 13.4 Å². The Hall–Kier alpha value is -1.71. The molecule has 2 aliphatic rings. The van der Waals surface area contributed by atoms with Gasteiger partial charge in [-0.2, -0.15) is 0 Å². The number of esters is 1. The summed E-state index contributed by atoms with van der Waals surface area (Å²) in [6.07, 6.45) is 6.29. The lowest BCUT2D eigenvalue weighted by Crippen LogP contribution is -2.15. The molecule has 0 aromatic heterocycles. The zero-order chi connectivity index (χ0) is 15.4. The van der Waals surface area contributed by atoms with Crippen LogP contribution in [0.15, 0.2) is 18.2 Å². The molecule has 3 rings (SSSR count). The second-order valence-electron chi connectivity index (χ2n) is 6.17. The Bertz CT molecular complexity index is 518. The summed E-state index contributed by atoms with van der Waals surface area (Å²) in [6, 6.07) is 6.31. The zero-order valence-corrected chi connectivity index (χ0v) is 13.2. The van der Waals surface area contributed by atoms with E-state index >= 15 is 0 Å². The molecule has 1 aromatic rings. The quantitative estimate of drug-likeness (QED) is 0.770. The molecule has 1 fully saturated rings. The van der Waals surface area contributed by atoms with Crippen molar-refractivity contribution in [1.82, 2.24) is 0 Å². The number of hydrogen-bond acceptors (Lipinski definition) is 4. The van der Waals surface area contributed by atoms with Gasteiger partial charge in [0.25, 0.3) is 0 Å². The number of rotatable bonds is 5. The molecular formula is C18H24O4. The summed E-state index contributed by atoms with van der Waals surface area (Å²) in [5.41, 5.74) is 1.35. The largest absolute Gasteiger partial charge is 0.466 e. The van der Waals surface area contributed by atoms with E-state index in [4.69, 9.17) is 14.2 Å². The Balaban J connectivity index is 1.48. The lowest BCUT2D eigenvalue weighted by molar-refractivity contribution is -0.143. The molecule has 4 heteroatoms. The third-order valence-electron chi connectivity index (χ3n) is 4.78. The van der Waals surface area contributed by atoms with Crippen LogP contribution in [-0.4, -0.2) is 19.4 Å². The van der Waals surface area contributed by atoms with Crippen LogP contribution in [0.25, 0.3) is 0 Å². The Labute approximate surface area is 131 Å². The molecule has 22 heavy (non-hydrogen) atoms. The average molecular weight is 304 g/mol. The maximum Gasteiger partial charge on any atom is 0.305 e. The predicted molar refractivity (Wildman–Crippen MR) is 83.1 cm³/mol. The number of carbonyl (C=O) groups excluding carboxylic acids is 1. The van der Waals surface area contributed by atoms with Crippen LogP contribution in [0.5, 0.6) is 11.5 Å². The summed E-state index contributed by atoms with van der Waals surface area (Å²) >= 11 is 0. The van der Waals surface area contributed by atoms with Gasteiger partial charge >= 0.3 is 5.97 Å². The van der Waals surface area contributed by atoms with Gasteiger partial charge in [-0.3, -0.25) is 4.79 Å². The fraction of sp³-hybridized carbons (Fsp3) is 0.611. The first-order valence-electron chi connectivity index (χ1n) is 8.31. The summed E-state index contributed by atoms with van der Waals surface area (Å²) in [4.78, 5) is 11.4. The van der Waals surface area contributed by atoms with E-state index in [9.17, 15) is 4.79 Å². The van der Waals surface area contributed by atoms with Crippen molar-refractivity contribution in [2.24, 2.45) is 5.92 Å². The van der Waals surface area contributed by atoms with Gasteiger partial charge in [-0.1, -0.05) is 6.07 Å². The molecule has 1 aromatic carbocycles. The monoisotopic (exact) mass is 304 g/mol. The molecule has 0 atom stereocenters. The van der Waals surface area contributed by atoms with E-state index in [-0.39, 0.29) is 5.97 Å². The van der Waals surface area contributed by atoms with E-state index in [1.165, 1.54) is 31.2 Å². The molecule has 0 saturated heterocycles. The molecule has 0 unspecified atom stereocenters. The second kappa shape index (κ2) is 7.03. The first kappa shape index (κ1) is 15.2. The van der Waals surface area contributed by atoms with Crippen LogP contribution in [0.4, 0.5) is 0 Å². The van der Waals surface area contributed by atoms with Gasteiger partial charge in [-0.25, -0.2) is 0 Å². The lowest BCUT2D eigenvalue weighted by Gasteiger charge is -2.28. The van der Waals surface area contributed by atoms with Crippen LogP contribution in [0.2, 0.25) is 0 Å². The standard InChI is InChI=1S/C18H24O4/c1-2-20-18(19)10-5-13-3-6-14(7-4-13)15-8-9-16-17(11-15)22-12-21-16/h8-9,11,13-14H,2-7,10,12H2,1H3. The molecule has 0 N–H and O–H groups in total. The summed E-state index contributed by atoms with van der Waals surface area (Å²) in [5, 5.41) is 0. The zero-order valence-electron chi connectivity index (χ0n) is 13.2. The SMILES string of the molecule is CCOC(=O)CCC1CCC(c2ccc3c(c2)OCO3)CC1. The van der Waals surface area contributed by atoms with Crippen LogP contribution < -0.4 is 9.47 Å². The second-order valence-corrected chi connectivity index (χ2v) is 6.17. The number of fused-ring (bicyclic) bond motifs is 1. The predicted octanol–water partition coefficient (Wildman–Crippen LogP) is 4.03. The van der Waals surface area contributed by atoms with E-state index in [2.05, 4.69) is 12.1 Å². The van der Waals surface area contributed by atoms with Crippen LogP contribution >= 0.6 is 0 Å². The minimum absolute atomic E-state index is 0.0552. The van der Waals surface area contributed by atoms with Crippen LogP contribution in [0, 0.1) is 5.92 Å². The summed E-state index contributed by atoms with van der Waals surface area (Å²) in [6.45, 7) is 2.67. The molecular weight excluding hydrogens is 280 g/mol. The Morgan fingerprint density at radius 1 is 1.18 bits per heavy atom. The third kappa shape index (κ3) is 3.54. The van der Waals surface area contributed by atoms with E-state index in [1.54, 1.807) is 0 Å². The molecule has 1 aliphatic heterocycles. The summed E-state index contributed by atoms with van der Waals surface area (Å²) in [5.74, 6) is 2.94. The molecule has 1 aliphatic carbocycles. The smallest absolute Gasteiger partial charge is 0.305 e. The molecule has 0 amide bonds. The van der Waals surface area contributed by atoms with Crippen molar-refractivity contribution in [3.63, 3.8) is 0 Å². The number of benzene rings is 1. The minimum Gasteiger partial charge on any atom is -0.466 e. The maximum atomic E-state index is 11.4. The van der Waals surface area contributed by atoms with Gasteiger partial charge in [0.05, 0.1) is 6.61 Å². The normalized spacial score (nSPS) is 23.3. The Morgan fingerprint density at radius 3 is 2.73 bits per heavy atom. The van der Waals surface area contributed by atoms with E-state index < -0.39 is 0 Å². The van der Waals surface area contributed by atoms with Gasteiger partial charge < -0.3 is 14.2 Å². The third-order valence-corrected chi connectivity index (χ3v) is 4.78. The molecule has 0 radical (unpaired) electrons. The molecule has 0 spiro atoms.